The van der Waals surface area contributed by atoms with Gasteiger partial charge in [0, 0.05) is 12.7 Å². The number of carbonyl (C=O) groups excluding carboxylic acids is 1. The first kappa shape index (κ1) is 19.1. The minimum atomic E-state index is -2.94. The normalized spacial score (nSPS) is 36.8. The summed E-state index contributed by atoms with van der Waals surface area (Å²) in [7, 11) is 0. The monoisotopic (exact) mass is 350 g/mol. The van der Waals surface area contributed by atoms with Crippen LogP contribution in [0.25, 0.3) is 0 Å². The Labute approximate surface area is 127 Å². The van der Waals surface area contributed by atoms with Crippen molar-refractivity contribution < 1.29 is 41.4 Å². The molecule has 0 spiro atoms. The molecule has 0 amide bonds. The maximum atomic E-state index is 13.5. The smallest absolute Gasteiger partial charge is 0.309 e. The zero-order chi connectivity index (χ0) is 17.0. The van der Waals surface area contributed by atoms with Gasteiger partial charge in [-0.15, -0.1) is 0 Å². The van der Waals surface area contributed by atoms with Crippen LogP contribution >= 0.6 is 11.8 Å². The summed E-state index contributed by atoms with van der Waals surface area (Å²) in [6.45, 7) is 0.445. The second kappa shape index (κ2) is 8.09. The van der Waals surface area contributed by atoms with Crippen LogP contribution in [0.5, 0.6) is 0 Å². The lowest BCUT2D eigenvalue weighted by Crippen LogP contribution is -2.57. The minimum absolute atomic E-state index is 0.227. The van der Waals surface area contributed by atoms with E-state index in [1.54, 1.807) is 0 Å². The van der Waals surface area contributed by atoms with Crippen molar-refractivity contribution in [1.82, 2.24) is 0 Å². The molecule has 0 aromatic rings. The van der Waals surface area contributed by atoms with E-state index in [1.165, 1.54) is 6.92 Å². The van der Waals surface area contributed by atoms with E-state index in [0.717, 1.165) is 0 Å². The highest BCUT2D eigenvalue weighted by Crippen LogP contribution is 2.34. The SMILES string of the molecule is CC(=O)SCC(COC1C(F)C(F)C(F)C(F)C1F)C(=O)O. The van der Waals surface area contributed by atoms with Gasteiger partial charge in [0.25, 0.3) is 0 Å². The number of ether oxygens (including phenoxy) is 1. The molecule has 128 valence electrons. The third kappa shape index (κ3) is 4.55. The zero-order valence-electron chi connectivity index (χ0n) is 11.4. The van der Waals surface area contributed by atoms with Gasteiger partial charge >= 0.3 is 5.97 Å². The fraction of sp³-hybridized carbons (Fsp3) is 0.833. The highest BCUT2D eigenvalue weighted by Gasteiger charge is 2.54. The number of halogens is 5. The number of carboxylic acid groups (broad SMARTS) is 1. The van der Waals surface area contributed by atoms with Gasteiger partial charge < -0.3 is 9.84 Å². The molecule has 0 aromatic heterocycles. The van der Waals surface area contributed by atoms with E-state index in [4.69, 9.17) is 5.11 Å². The van der Waals surface area contributed by atoms with Gasteiger partial charge in [0.1, 0.15) is 6.10 Å². The Kier molecular flexibility index (Phi) is 7.04. The molecule has 0 heterocycles. The zero-order valence-corrected chi connectivity index (χ0v) is 12.2. The van der Waals surface area contributed by atoms with Crippen molar-refractivity contribution in [2.75, 3.05) is 12.4 Å². The summed E-state index contributed by atoms with van der Waals surface area (Å²) >= 11 is 0.662. The Morgan fingerprint density at radius 3 is 1.91 bits per heavy atom. The van der Waals surface area contributed by atoms with Gasteiger partial charge in [-0.3, -0.25) is 9.59 Å². The highest BCUT2D eigenvalue weighted by molar-refractivity contribution is 8.13. The van der Waals surface area contributed by atoms with E-state index in [1.807, 2.05) is 0 Å². The van der Waals surface area contributed by atoms with Crippen molar-refractivity contribution in [2.45, 2.75) is 43.9 Å². The topological polar surface area (TPSA) is 63.6 Å². The molecule has 0 saturated heterocycles. The number of carboxylic acids is 1. The predicted octanol–water partition coefficient (Wildman–Crippen LogP) is 2.06. The lowest BCUT2D eigenvalue weighted by atomic mass is 9.89. The molecule has 0 radical (unpaired) electrons. The van der Waals surface area contributed by atoms with Crippen molar-refractivity contribution >= 4 is 22.8 Å². The first-order chi connectivity index (χ1) is 10.2. The molecular formula is C12H15F5O4S. The average Bonchev–Trinajstić information content (AvgIpc) is 2.45. The highest BCUT2D eigenvalue weighted by atomic mass is 32.2. The Morgan fingerprint density at radius 2 is 1.50 bits per heavy atom. The van der Waals surface area contributed by atoms with E-state index < -0.39 is 55.5 Å². The van der Waals surface area contributed by atoms with Crippen LogP contribution in [0, 0.1) is 5.92 Å². The Morgan fingerprint density at radius 1 is 1.05 bits per heavy atom. The van der Waals surface area contributed by atoms with Crippen LogP contribution in [-0.4, -0.2) is 65.5 Å². The third-order valence-electron chi connectivity index (χ3n) is 3.17. The van der Waals surface area contributed by atoms with Crippen LogP contribution in [0.2, 0.25) is 0 Å². The van der Waals surface area contributed by atoms with Gasteiger partial charge in [0.05, 0.1) is 12.5 Å². The van der Waals surface area contributed by atoms with E-state index in [0.29, 0.717) is 11.8 Å². The van der Waals surface area contributed by atoms with Crippen molar-refractivity contribution in [3.05, 3.63) is 0 Å². The van der Waals surface area contributed by atoms with E-state index in [9.17, 15) is 31.5 Å². The largest absolute Gasteiger partial charge is 0.481 e. The van der Waals surface area contributed by atoms with E-state index in [-0.39, 0.29) is 10.9 Å². The van der Waals surface area contributed by atoms with Crippen LogP contribution in [-0.2, 0) is 14.3 Å². The molecule has 1 fully saturated rings. The average molecular weight is 350 g/mol. The number of alkyl halides is 5. The number of thioether (sulfide) groups is 1. The molecule has 1 saturated carbocycles. The molecule has 5 atom stereocenters. The van der Waals surface area contributed by atoms with Crippen molar-refractivity contribution in [1.29, 1.82) is 0 Å². The molecule has 22 heavy (non-hydrogen) atoms. The molecule has 4 nitrogen and oxygen atoms in total. The number of carbonyl (C=O) groups is 2. The lowest BCUT2D eigenvalue weighted by Gasteiger charge is -2.36. The quantitative estimate of drug-likeness (QED) is 0.743. The number of hydrogen-bond donors (Lipinski definition) is 1. The van der Waals surface area contributed by atoms with Gasteiger partial charge in [0.15, 0.2) is 36.0 Å². The summed E-state index contributed by atoms with van der Waals surface area (Å²) in [6.07, 6.45) is -16.4. The van der Waals surface area contributed by atoms with Crippen LogP contribution in [0.3, 0.4) is 0 Å². The molecule has 1 aliphatic carbocycles. The molecule has 1 aliphatic rings. The first-order valence-electron chi connectivity index (χ1n) is 6.35. The number of rotatable bonds is 6. The Hall–Kier alpha value is -0.900. The van der Waals surface area contributed by atoms with Crippen molar-refractivity contribution in [2.24, 2.45) is 5.92 Å². The molecule has 0 aromatic carbocycles. The van der Waals surface area contributed by atoms with Gasteiger partial charge in [-0.05, 0) is 0 Å². The summed E-state index contributed by atoms with van der Waals surface area (Å²) in [6, 6.07) is 0. The van der Waals surface area contributed by atoms with Crippen LogP contribution in [0.4, 0.5) is 22.0 Å². The van der Waals surface area contributed by atoms with E-state index in [2.05, 4.69) is 4.74 Å². The fourth-order valence-corrected chi connectivity index (χ4v) is 2.56. The summed E-state index contributed by atoms with van der Waals surface area (Å²) in [5.41, 5.74) is 0. The molecule has 10 heteroatoms. The maximum absolute atomic E-state index is 13.5. The van der Waals surface area contributed by atoms with Crippen molar-refractivity contribution in [3.8, 4) is 0 Å². The van der Waals surface area contributed by atoms with E-state index >= 15 is 0 Å². The molecule has 5 unspecified atom stereocenters. The maximum Gasteiger partial charge on any atom is 0.309 e. The fourth-order valence-electron chi connectivity index (χ4n) is 1.88. The molecule has 1 N–H and O–H groups in total. The standard InChI is InChI=1S/C12H15F5O4S/c1-4(18)22-3-5(12(19)20)2-21-11-9(16)7(14)6(13)8(15)10(11)17/h5-11H,2-3H2,1H3,(H,19,20). The number of aliphatic carboxylic acids is 1. The van der Waals surface area contributed by atoms with Crippen molar-refractivity contribution in [3.63, 3.8) is 0 Å². The molecular weight excluding hydrogens is 335 g/mol. The molecule has 0 aliphatic heterocycles. The summed E-state index contributed by atoms with van der Waals surface area (Å²) < 4.78 is 71.0. The van der Waals surface area contributed by atoms with Gasteiger partial charge in [-0.2, -0.15) is 0 Å². The van der Waals surface area contributed by atoms with Crippen LogP contribution in [0.1, 0.15) is 6.92 Å². The Bertz CT molecular complexity index is 397. The second-order valence-corrected chi connectivity index (χ2v) is 6.05. The minimum Gasteiger partial charge on any atom is -0.481 e. The summed E-state index contributed by atoms with van der Waals surface area (Å²) in [4.78, 5) is 21.7. The van der Waals surface area contributed by atoms with Crippen LogP contribution < -0.4 is 0 Å². The Balaban J connectivity index is 2.66. The summed E-state index contributed by atoms with van der Waals surface area (Å²) in [5, 5.41) is 8.52. The second-order valence-electron chi connectivity index (χ2n) is 4.86. The molecule has 1 rings (SSSR count). The van der Waals surface area contributed by atoms with Crippen LogP contribution in [0.15, 0.2) is 0 Å². The third-order valence-corrected chi connectivity index (χ3v) is 4.15. The predicted molar refractivity (Wildman–Crippen MR) is 68.5 cm³/mol. The van der Waals surface area contributed by atoms with Gasteiger partial charge in [-0.25, -0.2) is 22.0 Å². The molecule has 0 bridgehead atoms. The summed E-state index contributed by atoms with van der Waals surface area (Å²) in [5.74, 6) is -2.92. The van der Waals surface area contributed by atoms with Gasteiger partial charge in [-0.1, -0.05) is 11.8 Å². The first-order valence-corrected chi connectivity index (χ1v) is 7.33. The van der Waals surface area contributed by atoms with Gasteiger partial charge in [0.2, 0.25) is 0 Å². The number of hydrogen-bond acceptors (Lipinski definition) is 4. The lowest BCUT2D eigenvalue weighted by molar-refractivity contribution is -0.161.